The quantitative estimate of drug-likeness (QED) is 0.435. The van der Waals surface area contributed by atoms with Gasteiger partial charge in [-0.05, 0) is 42.6 Å². The molecule has 0 spiro atoms. The molecule has 2 aromatic heterocycles. The summed E-state index contributed by atoms with van der Waals surface area (Å²) in [6, 6.07) is 10.7. The van der Waals surface area contributed by atoms with Crippen molar-refractivity contribution in [3.8, 4) is 5.75 Å². The van der Waals surface area contributed by atoms with E-state index >= 15 is 0 Å². The van der Waals surface area contributed by atoms with Gasteiger partial charge in [0.2, 0.25) is 0 Å². The third kappa shape index (κ3) is 5.73. The van der Waals surface area contributed by atoms with Crippen molar-refractivity contribution in [1.29, 1.82) is 0 Å². The van der Waals surface area contributed by atoms with E-state index in [9.17, 15) is 23.1 Å². The van der Waals surface area contributed by atoms with Crippen molar-refractivity contribution in [2.24, 2.45) is 5.92 Å². The zero-order chi connectivity index (χ0) is 27.4. The third-order valence-corrected chi connectivity index (χ3v) is 9.67. The highest BCUT2D eigenvalue weighted by molar-refractivity contribution is 7.91. The maximum atomic E-state index is 13.6. The summed E-state index contributed by atoms with van der Waals surface area (Å²) in [7, 11) is -2.26. The molecule has 1 aliphatic heterocycles. The minimum absolute atomic E-state index is 0.00299. The average Bonchev–Trinajstić information content (AvgIpc) is 3.47. The standard InChI is InChI=1S/C26H30N4O6S2/c1-17-14-30(18(2)16-31)26(33)20-6-4-7-21(28-25(32)19-9-11-27-12-10-19)24(20)36-22(17)15-29(3)38(34,35)23-8-5-13-37-23/h4-13,17-18,22,31H,14-16H2,1-3H3,(H,28,32)/t17-,18-,22+/m0/s1. The molecule has 0 bridgehead atoms. The van der Waals surface area contributed by atoms with Crippen LogP contribution in [-0.4, -0.2) is 78.4 Å². The van der Waals surface area contributed by atoms with Gasteiger partial charge in [-0.25, -0.2) is 8.42 Å². The van der Waals surface area contributed by atoms with Crippen molar-refractivity contribution in [1.82, 2.24) is 14.2 Å². The van der Waals surface area contributed by atoms with E-state index in [1.807, 2.05) is 6.92 Å². The van der Waals surface area contributed by atoms with E-state index in [-0.39, 0.29) is 52.7 Å². The number of likely N-dealkylation sites (N-methyl/N-ethyl adjacent to an activating group) is 1. The molecule has 0 unspecified atom stereocenters. The monoisotopic (exact) mass is 558 g/mol. The first-order chi connectivity index (χ1) is 18.1. The first-order valence-electron chi connectivity index (χ1n) is 12.1. The first-order valence-corrected chi connectivity index (χ1v) is 14.4. The Hall–Kier alpha value is -3.32. The third-order valence-electron chi connectivity index (χ3n) is 6.48. The van der Waals surface area contributed by atoms with Crippen LogP contribution in [0.15, 0.2) is 64.4 Å². The highest BCUT2D eigenvalue weighted by atomic mass is 32.2. The zero-order valence-electron chi connectivity index (χ0n) is 21.3. The summed E-state index contributed by atoms with van der Waals surface area (Å²) in [4.78, 5) is 32.0. The summed E-state index contributed by atoms with van der Waals surface area (Å²) in [5.74, 6) is -0.938. The fourth-order valence-electron chi connectivity index (χ4n) is 4.17. The summed E-state index contributed by atoms with van der Waals surface area (Å²) in [5.41, 5.74) is 0.854. The number of carbonyl (C=O) groups is 2. The van der Waals surface area contributed by atoms with Gasteiger partial charge in [-0.15, -0.1) is 11.3 Å². The molecule has 4 rings (SSSR count). The molecular weight excluding hydrogens is 528 g/mol. The number of pyridine rings is 1. The first kappa shape index (κ1) is 27.7. The Kier molecular flexibility index (Phi) is 8.46. The van der Waals surface area contributed by atoms with Crippen LogP contribution in [0.1, 0.15) is 34.6 Å². The van der Waals surface area contributed by atoms with Gasteiger partial charge in [-0.3, -0.25) is 14.6 Å². The molecule has 0 radical (unpaired) electrons. The van der Waals surface area contributed by atoms with Crippen molar-refractivity contribution in [2.75, 3.05) is 32.1 Å². The zero-order valence-corrected chi connectivity index (χ0v) is 22.9. The van der Waals surface area contributed by atoms with Crippen LogP contribution in [0.3, 0.4) is 0 Å². The fraction of sp³-hybridized carbons (Fsp3) is 0.346. The molecule has 0 saturated carbocycles. The number of nitrogens with zero attached hydrogens (tertiary/aromatic N) is 3. The maximum Gasteiger partial charge on any atom is 0.258 e. The topological polar surface area (TPSA) is 129 Å². The normalized spacial score (nSPS) is 18.8. The van der Waals surface area contributed by atoms with E-state index in [0.717, 1.165) is 11.3 Å². The number of amides is 2. The number of para-hydroxylation sites is 1. The molecule has 3 heterocycles. The van der Waals surface area contributed by atoms with Gasteiger partial charge in [-0.1, -0.05) is 19.1 Å². The number of nitrogens with one attached hydrogen (secondary N) is 1. The van der Waals surface area contributed by atoms with Gasteiger partial charge in [0.05, 0.1) is 30.4 Å². The number of benzene rings is 1. The molecule has 0 aliphatic carbocycles. The molecule has 0 fully saturated rings. The molecule has 12 heteroatoms. The van der Waals surface area contributed by atoms with Gasteiger partial charge >= 0.3 is 0 Å². The fourth-order valence-corrected chi connectivity index (χ4v) is 6.56. The lowest BCUT2D eigenvalue weighted by atomic mass is 9.99. The molecule has 38 heavy (non-hydrogen) atoms. The number of aliphatic hydroxyl groups is 1. The Bertz CT molecular complexity index is 1380. The van der Waals surface area contributed by atoms with Gasteiger partial charge in [0.15, 0.2) is 5.75 Å². The van der Waals surface area contributed by atoms with Crippen LogP contribution in [0, 0.1) is 5.92 Å². The number of hydrogen-bond acceptors (Lipinski definition) is 8. The van der Waals surface area contributed by atoms with E-state index in [4.69, 9.17) is 4.74 Å². The van der Waals surface area contributed by atoms with E-state index in [1.54, 1.807) is 59.7 Å². The minimum Gasteiger partial charge on any atom is -0.486 e. The summed E-state index contributed by atoms with van der Waals surface area (Å²) in [6.07, 6.45) is 2.33. The molecule has 2 amide bonds. The number of hydrogen-bond donors (Lipinski definition) is 2. The van der Waals surface area contributed by atoms with Crippen LogP contribution < -0.4 is 10.1 Å². The van der Waals surface area contributed by atoms with Crippen LogP contribution in [-0.2, 0) is 10.0 Å². The van der Waals surface area contributed by atoms with Crippen molar-refractivity contribution in [3.05, 3.63) is 71.4 Å². The largest absolute Gasteiger partial charge is 0.486 e. The highest BCUT2D eigenvalue weighted by Crippen LogP contribution is 2.35. The Labute approximate surface area is 225 Å². The molecule has 0 saturated heterocycles. The summed E-state index contributed by atoms with van der Waals surface area (Å²) < 4.78 is 34.1. The van der Waals surface area contributed by atoms with Gasteiger partial charge in [0.25, 0.3) is 21.8 Å². The minimum atomic E-state index is -3.75. The molecule has 1 aromatic carbocycles. The van der Waals surface area contributed by atoms with Crippen molar-refractivity contribution < 1.29 is 27.9 Å². The van der Waals surface area contributed by atoms with Crippen LogP contribution in [0.2, 0.25) is 0 Å². The molecular formula is C26H30N4O6S2. The van der Waals surface area contributed by atoms with Gasteiger partial charge in [-0.2, -0.15) is 4.31 Å². The lowest BCUT2D eigenvalue weighted by molar-refractivity contribution is 0.0388. The second-order valence-electron chi connectivity index (χ2n) is 9.21. The van der Waals surface area contributed by atoms with Crippen LogP contribution in [0.25, 0.3) is 0 Å². The molecule has 202 valence electrons. The number of rotatable bonds is 8. The van der Waals surface area contributed by atoms with E-state index in [2.05, 4.69) is 10.3 Å². The molecule has 2 N–H and O–H groups in total. The molecule has 3 atom stereocenters. The van der Waals surface area contributed by atoms with Gasteiger partial charge < -0.3 is 20.1 Å². The summed E-state index contributed by atoms with van der Waals surface area (Å²) in [5, 5.41) is 14.4. The number of anilines is 1. The summed E-state index contributed by atoms with van der Waals surface area (Å²) in [6.45, 7) is 3.60. The molecule has 1 aliphatic rings. The Morgan fingerprint density at radius 3 is 2.66 bits per heavy atom. The average molecular weight is 559 g/mol. The number of fused-ring (bicyclic) bond motifs is 1. The van der Waals surface area contributed by atoms with Gasteiger partial charge in [0, 0.05) is 37.5 Å². The summed E-state index contributed by atoms with van der Waals surface area (Å²) >= 11 is 1.13. The SMILES string of the molecule is C[C@H]1CN([C@@H](C)CO)C(=O)c2cccc(NC(=O)c3ccncc3)c2O[C@@H]1CN(C)S(=O)(=O)c1cccs1. The number of aromatic nitrogens is 1. The van der Waals surface area contributed by atoms with Crippen molar-refractivity contribution in [3.63, 3.8) is 0 Å². The maximum absolute atomic E-state index is 13.6. The smallest absolute Gasteiger partial charge is 0.258 e. The van der Waals surface area contributed by atoms with Crippen molar-refractivity contribution in [2.45, 2.75) is 30.2 Å². The van der Waals surface area contributed by atoms with Gasteiger partial charge in [0.1, 0.15) is 10.3 Å². The van der Waals surface area contributed by atoms with E-state index in [0.29, 0.717) is 5.56 Å². The lowest BCUT2D eigenvalue weighted by Crippen LogP contribution is -2.50. The Balaban J connectivity index is 1.73. The molecule has 3 aromatic rings. The Morgan fingerprint density at radius 1 is 1.26 bits per heavy atom. The number of thiophene rings is 1. The number of carbonyl (C=O) groups excluding carboxylic acids is 2. The van der Waals surface area contributed by atoms with Crippen LogP contribution in [0.4, 0.5) is 5.69 Å². The van der Waals surface area contributed by atoms with E-state index < -0.39 is 28.1 Å². The van der Waals surface area contributed by atoms with Crippen LogP contribution >= 0.6 is 11.3 Å². The second-order valence-corrected chi connectivity index (χ2v) is 12.4. The predicted molar refractivity (Wildman–Crippen MR) is 144 cm³/mol. The number of sulfonamides is 1. The molecule has 10 nitrogen and oxygen atoms in total. The van der Waals surface area contributed by atoms with E-state index in [1.165, 1.54) is 23.7 Å². The second kappa shape index (κ2) is 11.6. The number of aliphatic hydroxyl groups excluding tert-OH is 1. The lowest BCUT2D eigenvalue weighted by Gasteiger charge is -2.38. The number of ether oxygens (including phenoxy) is 1. The Morgan fingerprint density at radius 2 is 2.00 bits per heavy atom. The van der Waals surface area contributed by atoms with Crippen LogP contribution in [0.5, 0.6) is 5.75 Å². The van der Waals surface area contributed by atoms with Crippen molar-refractivity contribution >= 4 is 38.9 Å². The highest BCUT2D eigenvalue weighted by Gasteiger charge is 2.36. The predicted octanol–water partition coefficient (Wildman–Crippen LogP) is 2.94.